The van der Waals surface area contributed by atoms with Gasteiger partial charge >= 0.3 is 0 Å². The van der Waals surface area contributed by atoms with E-state index in [9.17, 15) is 4.79 Å². The Kier molecular flexibility index (Phi) is 4.33. The van der Waals surface area contributed by atoms with Crippen molar-refractivity contribution in [2.45, 2.75) is 19.4 Å². The van der Waals surface area contributed by atoms with Gasteiger partial charge in [0.2, 0.25) is 5.91 Å². The molecule has 4 nitrogen and oxygen atoms in total. The zero-order chi connectivity index (χ0) is 13.0. The zero-order valence-electron chi connectivity index (χ0n) is 11.1. The largest absolute Gasteiger partial charge is 0.314 e. The first-order chi connectivity index (χ1) is 8.72. The molecule has 1 amide bonds. The predicted molar refractivity (Wildman–Crippen MR) is 73.9 cm³/mol. The van der Waals surface area contributed by atoms with Gasteiger partial charge in [-0.2, -0.15) is 0 Å². The Morgan fingerprint density at radius 1 is 1.33 bits per heavy atom. The number of nitrogens with one attached hydrogen (secondary N) is 2. The molecule has 0 saturated carbocycles. The SMILES string of the molecule is CCc1ccc(N(C)C(=O)C2CNCCN2)cc1. The molecule has 1 aromatic carbocycles. The maximum atomic E-state index is 12.3. The minimum Gasteiger partial charge on any atom is -0.314 e. The first kappa shape index (κ1) is 13.1. The summed E-state index contributed by atoms with van der Waals surface area (Å²) >= 11 is 0. The van der Waals surface area contributed by atoms with Crippen LogP contribution in [-0.4, -0.2) is 38.6 Å². The van der Waals surface area contributed by atoms with Gasteiger partial charge in [-0.3, -0.25) is 4.79 Å². The van der Waals surface area contributed by atoms with Gasteiger partial charge in [0.1, 0.15) is 0 Å². The molecule has 0 spiro atoms. The minimum absolute atomic E-state index is 0.116. The smallest absolute Gasteiger partial charge is 0.245 e. The number of rotatable bonds is 3. The number of benzene rings is 1. The van der Waals surface area contributed by atoms with E-state index in [1.165, 1.54) is 5.56 Å². The van der Waals surface area contributed by atoms with Crippen molar-refractivity contribution in [3.63, 3.8) is 0 Å². The molecule has 18 heavy (non-hydrogen) atoms. The summed E-state index contributed by atoms with van der Waals surface area (Å²) in [5, 5.41) is 6.47. The van der Waals surface area contributed by atoms with E-state index >= 15 is 0 Å². The highest BCUT2D eigenvalue weighted by Gasteiger charge is 2.24. The molecule has 0 radical (unpaired) electrons. The number of carbonyl (C=O) groups is 1. The van der Waals surface area contributed by atoms with E-state index in [4.69, 9.17) is 0 Å². The van der Waals surface area contributed by atoms with Gasteiger partial charge in [-0.25, -0.2) is 0 Å². The molecular weight excluding hydrogens is 226 g/mol. The fourth-order valence-corrected chi connectivity index (χ4v) is 2.14. The molecule has 1 aromatic rings. The third kappa shape index (κ3) is 2.89. The summed E-state index contributed by atoms with van der Waals surface area (Å²) in [7, 11) is 1.83. The van der Waals surface area contributed by atoms with Crippen LogP contribution in [0.1, 0.15) is 12.5 Å². The van der Waals surface area contributed by atoms with Gasteiger partial charge in [-0.1, -0.05) is 19.1 Å². The van der Waals surface area contributed by atoms with E-state index < -0.39 is 0 Å². The van der Waals surface area contributed by atoms with Crippen LogP contribution >= 0.6 is 0 Å². The molecule has 1 unspecified atom stereocenters. The van der Waals surface area contributed by atoms with Crippen molar-refractivity contribution >= 4 is 11.6 Å². The number of aryl methyl sites for hydroxylation is 1. The lowest BCUT2D eigenvalue weighted by molar-refractivity contribution is -0.120. The molecule has 0 aliphatic carbocycles. The predicted octanol–water partition coefficient (Wildman–Crippen LogP) is 0.773. The second-order valence-corrected chi connectivity index (χ2v) is 4.63. The highest BCUT2D eigenvalue weighted by atomic mass is 16.2. The topological polar surface area (TPSA) is 44.4 Å². The van der Waals surface area contributed by atoms with Crippen molar-refractivity contribution in [1.29, 1.82) is 0 Å². The van der Waals surface area contributed by atoms with Gasteiger partial charge in [-0.15, -0.1) is 0 Å². The molecule has 1 aliphatic rings. The Morgan fingerprint density at radius 2 is 2.06 bits per heavy atom. The summed E-state index contributed by atoms with van der Waals surface area (Å²) in [6.45, 7) is 4.61. The fourth-order valence-electron chi connectivity index (χ4n) is 2.14. The lowest BCUT2D eigenvalue weighted by atomic mass is 10.1. The highest BCUT2D eigenvalue weighted by Crippen LogP contribution is 2.15. The van der Waals surface area contributed by atoms with Crippen LogP contribution in [0.25, 0.3) is 0 Å². The molecule has 1 atom stereocenters. The van der Waals surface area contributed by atoms with E-state index in [0.717, 1.165) is 25.2 Å². The molecule has 0 aromatic heterocycles. The number of hydrogen-bond donors (Lipinski definition) is 2. The summed E-state index contributed by atoms with van der Waals surface area (Å²) < 4.78 is 0. The number of anilines is 1. The molecule has 2 rings (SSSR count). The first-order valence-corrected chi connectivity index (χ1v) is 6.53. The van der Waals surface area contributed by atoms with Crippen molar-refractivity contribution in [1.82, 2.24) is 10.6 Å². The second-order valence-electron chi connectivity index (χ2n) is 4.63. The van der Waals surface area contributed by atoms with Gasteiger partial charge < -0.3 is 15.5 Å². The van der Waals surface area contributed by atoms with E-state index in [2.05, 4.69) is 29.7 Å². The Labute approximate surface area is 108 Å². The van der Waals surface area contributed by atoms with E-state index in [1.807, 2.05) is 19.2 Å². The van der Waals surface area contributed by atoms with Crippen LogP contribution in [0.15, 0.2) is 24.3 Å². The number of piperazine rings is 1. The van der Waals surface area contributed by atoms with Crippen molar-refractivity contribution < 1.29 is 4.79 Å². The molecule has 1 saturated heterocycles. The van der Waals surface area contributed by atoms with Gasteiger partial charge in [-0.05, 0) is 24.1 Å². The van der Waals surface area contributed by atoms with Crippen LogP contribution in [-0.2, 0) is 11.2 Å². The van der Waals surface area contributed by atoms with E-state index in [0.29, 0.717) is 6.54 Å². The van der Waals surface area contributed by atoms with Gasteiger partial charge in [0.15, 0.2) is 0 Å². The summed E-state index contributed by atoms with van der Waals surface area (Å²) in [6, 6.07) is 8.05. The Balaban J connectivity index is 2.04. The zero-order valence-corrected chi connectivity index (χ0v) is 11.1. The van der Waals surface area contributed by atoms with Crippen LogP contribution in [0.4, 0.5) is 5.69 Å². The van der Waals surface area contributed by atoms with E-state index in [1.54, 1.807) is 4.90 Å². The van der Waals surface area contributed by atoms with Crippen molar-refractivity contribution in [3.05, 3.63) is 29.8 Å². The second kappa shape index (κ2) is 5.98. The number of carbonyl (C=O) groups excluding carboxylic acids is 1. The summed E-state index contributed by atoms with van der Waals surface area (Å²) in [5.74, 6) is 0.117. The van der Waals surface area contributed by atoms with Crippen molar-refractivity contribution in [2.75, 3.05) is 31.6 Å². The average Bonchev–Trinajstić information content (AvgIpc) is 2.47. The van der Waals surface area contributed by atoms with Gasteiger partial charge in [0.25, 0.3) is 0 Å². The van der Waals surface area contributed by atoms with Gasteiger partial charge in [0.05, 0.1) is 6.04 Å². The normalized spacial score (nSPS) is 19.6. The first-order valence-electron chi connectivity index (χ1n) is 6.53. The molecule has 4 heteroatoms. The Hall–Kier alpha value is -1.39. The number of likely N-dealkylation sites (N-methyl/N-ethyl adjacent to an activating group) is 1. The summed E-state index contributed by atoms with van der Waals surface area (Å²) in [5.41, 5.74) is 2.24. The standard InChI is InChI=1S/C14H21N3O/c1-3-11-4-6-12(7-5-11)17(2)14(18)13-10-15-8-9-16-13/h4-7,13,15-16H,3,8-10H2,1-2H3. The molecule has 98 valence electrons. The molecule has 2 N–H and O–H groups in total. The fraction of sp³-hybridized carbons (Fsp3) is 0.500. The monoisotopic (exact) mass is 247 g/mol. The highest BCUT2D eigenvalue weighted by molar-refractivity contribution is 5.96. The summed E-state index contributed by atoms with van der Waals surface area (Å²) in [6.07, 6.45) is 1.02. The minimum atomic E-state index is -0.116. The third-order valence-electron chi connectivity index (χ3n) is 3.40. The van der Waals surface area contributed by atoms with Crippen molar-refractivity contribution in [3.8, 4) is 0 Å². The Bertz CT molecular complexity index is 396. The quantitative estimate of drug-likeness (QED) is 0.829. The molecule has 1 fully saturated rings. The van der Waals surface area contributed by atoms with Crippen LogP contribution in [0.5, 0.6) is 0 Å². The lowest BCUT2D eigenvalue weighted by Crippen LogP contribution is -2.56. The van der Waals surface area contributed by atoms with E-state index in [-0.39, 0.29) is 11.9 Å². The molecule has 1 aliphatic heterocycles. The third-order valence-corrected chi connectivity index (χ3v) is 3.40. The maximum absolute atomic E-state index is 12.3. The van der Waals surface area contributed by atoms with Gasteiger partial charge in [0, 0.05) is 32.4 Å². The molecule has 0 bridgehead atoms. The average molecular weight is 247 g/mol. The van der Waals surface area contributed by atoms with Crippen LogP contribution in [0, 0.1) is 0 Å². The van der Waals surface area contributed by atoms with Crippen molar-refractivity contribution in [2.24, 2.45) is 0 Å². The summed E-state index contributed by atoms with van der Waals surface area (Å²) in [4.78, 5) is 14.0. The Morgan fingerprint density at radius 3 is 2.61 bits per heavy atom. The van der Waals surface area contributed by atoms with Crippen LogP contribution < -0.4 is 15.5 Å². The lowest BCUT2D eigenvalue weighted by Gasteiger charge is -2.28. The van der Waals surface area contributed by atoms with Crippen LogP contribution in [0.2, 0.25) is 0 Å². The maximum Gasteiger partial charge on any atom is 0.245 e. The number of nitrogens with zero attached hydrogens (tertiary/aromatic N) is 1. The number of hydrogen-bond acceptors (Lipinski definition) is 3. The molecule has 1 heterocycles. The number of amides is 1. The molecular formula is C14H21N3O. The van der Waals surface area contributed by atoms with Crippen LogP contribution in [0.3, 0.4) is 0 Å².